The number of benzene rings is 2. The molecule has 3 amide bonds. The van der Waals surface area contributed by atoms with E-state index in [9.17, 15) is 18.8 Å². The van der Waals surface area contributed by atoms with Crippen LogP contribution < -0.4 is 5.32 Å². The first-order chi connectivity index (χ1) is 13.1. The summed E-state index contributed by atoms with van der Waals surface area (Å²) in [6, 6.07) is 11.6. The van der Waals surface area contributed by atoms with Gasteiger partial charge in [-0.3, -0.25) is 19.3 Å². The molecule has 3 aromatic rings. The Morgan fingerprint density at radius 2 is 1.89 bits per heavy atom. The summed E-state index contributed by atoms with van der Waals surface area (Å²) in [4.78, 5) is 40.8. The second-order valence-corrected chi connectivity index (χ2v) is 6.31. The second kappa shape index (κ2) is 6.68. The number of aromatic nitrogens is 1. The molecular weight excluding hydrogens is 349 g/mol. The molecule has 4 rings (SSSR count). The second-order valence-electron chi connectivity index (χ2n) is 6.31. The first-order valence-electron chi connectivity index (χ1n) is 8.52. The lowest BCUT2D eigenvalue weighted by Crippen LogP contribution is -2.38. The van der Waals surface area contributed by atoms with E-state index in [1.165, 1.54) is 12.1 Å². The third-order valence-electron chi connectivity index (χ3n) is 4.63. The molecule has 0 aliphatic carbocycles. The van der Waals surface area contributed by atoms with E-state index in [1.54, 1.807) is 6.20 Å². The summed E-state index contributed by atoms with van der Waals surface area (Å²) >= 11 is 0. The number of imide groups is 1. The van der Waals surface area contributed by atoms with Gasteiger partial charge in [-0.2, -0.15) is 0 Å². The number of hydrogen-bond donors (Lipinski definition) is 2. The number of rotatable bonds is 5. The van der Waals surface area contributed by atoms with Crippen molar-refractivity contribution >= 4 is 28.6 Å². The summed E-state index contributed by atoms with van der Waals surface area (Å²) in [5, 5.41) is 3.68. The number of para-hydroxylation sites is 1. The van der Waals surface area contributed by atoms with Gasteiger partial charge in [-0.05, 0) is 23.8 Å². The van der Waals surface area contributed by atoms with Gasteiger partial charge in [0.25, 0.3) is 11.8 Å². The van der Waals surface area contributed by atoms with Gasteiger partial charge in [0.05, 0.1) is 17.5 Å². The van der Waals surface area contributed by atoms with Crippen LogP contribution in [0.3, 0.4) is 0 Å². The molecule has 0 saturated heterocycles. The van der Waals surface area contributed by atoms with Crippen molar-refractivity contribution in [2.24, 2.45) is 0 Å². The number of fused-ring (bicyclic) bond motifs is 2. The topological polar surface area (TPSA) is 82.3 Å². The number of carbonyl (C=O) groups excluding carboxylic acids is 3. The molecule has 2 heterocycles. The Hall–Kier alpha value is -3.48. The van der Waals surface area contributed by atoms with Crippen molar-refractivity contribution in [3.63, 3.8) is 0 Å². The number of amides is 3. The Balaban J connectivity index is 1.36. The van der Waals surface area contributed by atoms with Crippen LogP contribution in [0.2, 0.25) is 0 Å². The molecule has 27 heavy (non-hydrogen) atoms. The van der Waals surface area contributed by atoms with Crippen LogP contribution in [0.4, 0.5) is 4.39 Å². The van der Waals surface area contributed by atoms with Gasteiger partial charge in [0.1, 0.15) is 5.82 Å². The highest BCUT2D eigenvalue weighted by Crippen LogP contribution is 2.24. The minimum atomic E-state index is -0.711. The van der Waals surface area contributed by atoms with E-state index in [-0.39, 0.29) is 36.5 Å². The molecular formula is C20H16FN3O3. The highest BCUT2D eigenvalue weighted by Gasteiger charge is 2.37. The molecule has 0 atom stereocenters. The lowest BCUT2D eigenvalue weighted by atomic mass is 10.1. The van der Waals surface area contributed by atoms with Crippen LogP contribution in [-0.4, -0.2) is 40.7 Å². The molecule has 2 N–H and O–H groups in total. The van der Waals surface area contributed by atoms with Crippen molar-refractivity contribution in [2.75, 3.05) is 13.1 Å². The first kappa shape index (κ1) is 17.0. The smallest absolute Gasteiger partial charge is 0.264 e. The molecule has 0 fully saturated rings. The van der Waals surface area contributed by atoms with E-state index >= 15 is 0 Å². The van der Waals surface area contributed by atoms with Gasteiger partial charge in [-0.1, -0.05) is 24.3 Å². The SMILES string of the molecule is O=C(Cc1c[nH]c2ccccc12)NCCN1C(=O)c2cccc(F)c2C1=O. The van der Waals surface area contributed by atoms with Gasteiger partial charge in [-0.25, -0.2) is 4.39 Å². The summed E-state index contributed by atoms with van der Waals surface area (Å²) in [6.45, 7) is 0.0969. The zero-order valence-electron chi connectivity index (χ0n) is 14.3. The molecule has 1 aliphatic rings. The molecule has 0 spiro atoms. The normalized spacial score (nSPS) is 13.3. The number of nitrogens with zero attached hydrogens (tertiary/aromatic N) is 1. The summed E-state index contributed by atoms with van der Waals surface area (Å²) in [5.74, 6) is -2.14. The first-order valence-corrected chi connectivity index (χ1v) is 8.52. The Labute approximate surface area is 154 Å². The minimum Gasteiger partial charge on any atom is -0.361 e. The van der Waals surface area contributed by atoms with E-state index in [0.29, 0.717) is 0 Å². The fourth-order valence-corrected chi connectivity index (χ4v) is 3.32. The number of aromatic amines is 1. The standard InChI is InChI=1S/C20H16FN3O3/c21-15-6-3-5-14-18(15)20(27)24(19(14)26)9-8-22-17(25)10-12-11-23-16-7-2-1-4-13(12)16/h1-7,11,23H,8-10H2,(H,22,25). The van der Waals surface area contributed by atoms with Crippen LogP contribution >= 0.6 is 0 Å². The number of nitrogens with one attached hydrogen (secondary N) is 2. The van der Waals surface area contributed by atoms with Crippen molar-refractivity contribution in [1.29, 1.82) is 0 Å². The molecule has 136 valence electrons. The lowest BCUT2D eigenvalue weighted by Gasteiger charge is -2.14. The molecule has 2 aromatic carbocycles. The Kier molecular flexibility index (Phi) is 4.19. The molecule has 1 aromatic heterocycles. The predicted octanol–water partition coefficient (Wildman–Crippen LogP) is 2.26. The highest BCUT2D eigenvalue weighted by molar-refractivity contribution is 6.21. The van der Waals surface area contributed by atoms with E-state index in [0.717, 1.165) is 27.4 Å². The zero-order chi connectivity index (χ0) is 19.0. The molecule has 0 radical (unpaired) electrons. The van der Waals surface area contributed by atoms with E-state index < -0.39 is 17.6 Å². The maximum atomic E-state index is 13.8. The van der Waals surface area contributed by atoms with Gasteiger partial charge in [0.2, 0.25) is 5.91 Å². The minimum absolute atomic E-state index is 0.00852. The Morgan fingerprint density at radius 1 is 1.07 bits per heavy atom. The van der Waals surface area contributed by atoms with Gasteiger partial charge in [0.15, 0.2) is 0 Å². The van der Waals surface area contributed by atoms with Crippen molar-refractivity contribution in [2.45, 2.75) is 6.42 Å². The van der Waals surface area contributed by atoms with E-state index in [1.807, 2.05) is 24.3 Å². The predicted molar refractivity (Wildman–Crippen MR) is 96.8 cm³/mol. The Bertz CT molecular complexity index is 1070. The van der Waals surface area contributed by atoms with Gasteiger partial charge >= 0.3 is 0 Å². The fraction of sp³-hybridized carbons (Fsp3) is 0.150. The maximum Gasteiger partial charge on any atom is 0.264 e. The zero-order valence-corrected chi connectivity index (χ0v) is 14.3. The van der Waals surface area contributed by atoms with Crippen LogP contribution in [0, 0.1) is 5.82 Å². The van der Waals surface area contributed by atoms with Crippen LogP contribution in [0.1, 0.15) is 26.3 Å². The number of carbonyl (C=O) groups is 3. The van der Waals surface area contributed by atoms with Gasteiger partial charge in [-0.15, -0.1) is 0 Å². The summed E-state index contributed by atoms with van der Waals surface area (Å²) in [6.07, 6.45) is 1.97. The van der Waals surface area contributed by atoms with Gasteiger partial charge < -0.3 is 10.3 Å². The van der Waals surface area contributed by atoms with E-state index in [2.05, 4.69) is 10.3 Å². The maximum absolute atomic E-state index is 13.8. The van der Waals surface area contributed by atoms with Crippen LogP contribution in [0.5, 0.6) is 0 Å². The third-order valence-corrected chi connectivity index (χ3v) is 4.63. The Morgan fingerprint density at radius 3 is 2.70 bits per heavy atom. The summed E-state index contributed by atoms with van der Waals surface area (Å²) in [5.41, 5.74) is 1.68. The fourth-order valence-electron chi connectivity index (χ4n) is 3.32. The third kappa shape index (κ3) is 2.97. The quantitative estimate of drug-likeness (QED) is 0.681. The number of H-pyrrole nitrogens is 1. The largest absolute Gasteiger partial charge is 0.361 e. The van der Waals surface area contributed by atoms with Crippen LogP contribution in [0.25, 0.3) is 10.9 Å². The molecule has 0 unspecified atom stereocenters. The molecule has 0 bridgehead atoms. The number of hydrogen-bond acceptors (Lipinski definition) is 3. The highest BCUT2D eigenvalue weighted by atomic mass is 19.1. The summed E-state index contributed by atoms with van der Waals surface area (Å²) in [7, 11) is 0. The molecule has 6 nitrogen and oxygen atoms in total. The molecule has 7 heteroatoms. The monoisotopic (exact) mass is 365 g/mol. The van der Waals surface area contributed by atoms with Crippen molar-refractivity contribution in [3.05, 3.63) is 71.2 Å². The lowest BCUT2D eigenvalue weighted by molar-refractivity contribution is -0.120. The van der Waals surface area contributed by atoms with Crippen molar-refractivity contribution in [1.82, 2.24) is 15.2 Å². The molecule has 1 aliphatic heterocycles. The average Bonchev–Trinajstić information content (AvgIpc) is 3.17. The van der Waals surface area contributed by atoms with Crippen LogP contribution in [-0.2, 0) is 11.2 Å². The average molecular weight is 365 g/mol. The van der Waals surface area contributed by atoms with Crippen molar-refractivity contribution in [3.8, 4) is 0 Å². The number of halogens is 1. The summed E-state index contributed by atoms with van der Waals surface area (Å²) < 4.78 is 13.8. The van der Waals surface area contributed by atoms with Gasteiger partial charge in [0, 0.05) is 30.2 Å². The molecule has 0 saturated carbocycles. The van der Waals surface area contributed by atoms with Crippen molar-refractivity contribution < 1.29 is 18.8 Å². The van der Waals surface area contributed by atoms with Crippen LogP contribution in [0.15, 0.2) is 48.7 Å². The van der Waals surface area contributed by atoms with E-state index in [4.69, 9.17) is 0 Å².